The summed E-state index contributed by atoms with van der Waals surface area (Å²) in [6, 6.07) is 2.09. The number of nitrogens with one attached hydrogen (secondary N) is 1. The molecule has 0 aromatic carbocycles. The maximum atomic E-state index is 10.8. The molecular weight excluding hydrogens is 206 g/mol. The van der Waals surface area contributed by atoms with Crippen molar-refractivity contribution in [1.82, 2.24) is 4.98 Å². The van der Waals surface area contributed by atoms with Crippen LogP contribution in [0.2, 0.25) is 0 Å². The van der Waals surface area contributed by atoms with Gasteiger partial charge in [0.25, 0.3) is 0 Å². The molecule has 0 saturated heterocycles. The summed E-state index contributed by atoms with van der Waals surface area (Å²) in [5, 5.41) is 8.90. The standard InChI is InChI=1S/C12H17NO3/c1-16-11(12(14)15)7-9-6-8-4-2-3-5-10(8)13-9/h6,11,13H,2-5,7H2,1H3,(H,14,15). The van der Waals surface area contributed by atoms with Crippen molar-refractivity contribution in [1.29, 1.82) is 0 Å². The van der Waals surface area contributed by atoms with E-state index in [-0.39, 0.29) is 0 Å². The summed E-state index contributed by atoms with van der Waals surface area (Å²) in [7, 11) is 1.43. The largest absolute Gasteiger partial charge is 0.479 e. The van der Waals surface area contributed by atoms with Crippen molar-refractivity contribution in [2.75, 3.05) is 7.11 Å². The Kier molecular flexibility index (Phi) is 3.29. The Morgan fingerprint density at radius 3 is 2.94 bits per heavy atom. The molecule has 1 unspecified atom stereocenters. The summed E-state index contributed by atoms with van der Waals surface area (Å²) in [4.78, 5) is 14.1. The average molecular weight is 223 g/mol. The molecule has 0 fully saturated rings. The van der Waals surface area contributed by atoms with E-state index in [9.17, 15) is 4.79 Å². The van der Waals surface area contributed by atoms with E-state index in [0.29, 0.717) is 6.42 Å². The minimum absolute atomic E-state index is 0.416. The smallest absolute Gasteiger partial charge is 0.333 e. The highest BCUT2D eigenvalue weighted by molar-refractivity contribution is 5.72. The summed E-state index contributed by atoms with van der Waals surface area (Å²) in [5.41, 5.74) is 3.60. The van der Waals surface area contributed by atoms with Gasteiger partial charge in [-0.05, 0) is 37.3 Å². The van der Waals surface area contributed by atoms with Gasteiger partial charge in [0.05, 0.1) is 0 Å². The van der Waals surface area contributed by atoms with Crippen LogP contribution < -0.4 is 0 Å². The van der Waals surface area contributed by atoms with Crippen molar-refractivity contribution < 1.29 is 14.6 Å². The number of H-pyrrole nitrogens is 1. The summed E-state index contributed by atoms with van der Waals surface area (Å²) in [6.07, 6.45) is 4.31. The van der Waals surface area contributed by atoms with Gasteiger partial charge >= 0.3 is 5.97 Å². The predicted molar refractivity (Wildman–Crippen MR) is 59.6 cm³/mol. The molecular formula is C12H17NO3. The molecule has 88 valence electrons. The molecule has 0 saturated carbocycles. The van der Waals surface area contributed by atoms with Crippen molar-refractivity contribution >= 4 is 5.97 Å². The predicted octanol–water partition coefficient (Wildman–Crippen LogP) is 1.54. The van der Waals surface area contributed by atoms with Gasteiger partial charge in [-0.15, -0.1) is 0 Å². The third-order valence-corrected chi connectivity index (χ3v) is 3.14. The molecule has 0 aliphatic heterocycles. The van der Waals surface area contributed by atoms with Gasteiger partial charge in [-0.25, -0.2) is 4.79 Å². The summed E-state index contributed by atoms with van der Waals surface area (Å²) in [6.45, 7) is 0. The topological polar surface area (TPSA) is 62.3 Å². The van der Waals surface area contributed by atoms with Crippen molar-refractivity contribution in [3.63, 3.8) is 0 Å². The van der Waals surface area contributed by atoms with Crippen LogP contribution in [0.3, 0.4) is 0 Å². The summed E-state index contributed by atoms with van der Waals surface area (Å²) in [5.74, 6) is -0.907. The molecule has 4 heteroatoms. The zero-order valence-electron chi connectivity index (χ0n) is 9.45. The fourth-order valence-electron chi connectivity index (χ4n) is 2.25. The number of ether oxygens (including phenoxy) is 1. The van der Waals surface area contributed by atoms with Crippen LogP contribution in [0.4, 0.5) is 0 Å². The number of fused-ring (bicyclic) bond motifs is 1. The number of hydrogen-bond donors (Lipinski definition) is 2. The van der Waals surface area contributed by atoms with Crippen LogP contribution >= 0.6 is 0 Å². The number of carboxylic acid groups (broad SMARTS) is 1. The molecule has 0 spiro atoms. The number of methoxy groups -OCH3 is 1. The molecule has 1 aliphatic carbocycles. The number of aromatic amines is 1. The Bertz CT molecular complexity index is 360. The van der Waals surface area contributed by atoms with Gasteiger partial charge in [0.1, 0.15) is 0 Å². The third kappa shape index (κ3) is 2.27. The molecule has 1 atom stereocenters. The van der Waals surface area contributed by atoms with Crippen LogP contribution in [0, 0.1) is 0 Å². The second kappa shape index (κ2) is 4.70. The molecule has 1 aromatic rings. The third-order valence-electron chi connectivity index (χ3n) is 3.14. The van der Waals surface area contributed by atoms with Crippen LogP contribution in [0.5, 0.6) is 0 Å². The number of carbonyl (C=O) groups is 1. The summed E-state index contributed by atoms with van der Waals surface area (Å²) >= 11 is 0. The van der Waals surface area contributed by atoms with E-state index in [4.69, 9.17) is 9.84 Å². The maximum absolute atomic E-state index is 10.8. The van der Waals surface area contributed by atoms with E-state index in [0.717, 1.165) is 18.5 Å². The Balaban J connectivity index is 2.09. The Morgan fingerprint density at radius 2 is 2.31 bits per heavy atom. The molecule has 2 rings (SSSR count). The van der Waals surface area contributed by atoms with Gasteiger partial charge in [-0.2, -0.15) is 0 Å². The second-order valence-corrected chi connectivity index (χ2v) is 4.27. The Hall–Kier alpha value is -1.29. The zero-order chi connectivity index (χ0) is 11.5. The lowest BCUT2D eigenvalue weighted by Crippen LogP contribution is -2.24. The van der Waals surface area contributed by atoms with E-state index in [1.165, 1.54) is 31.2 Å². The molecule has 1 heterocycles. The lowest BCUT2D eigenvalue weighted by Gasteiger charge is -2.09. The SMILES string of the molecule is COC(Cc1cc2c([nH]1)CCCC2)C(=O)O. The van der Waals surface area contributed by atoms with E-state index < -0.39 is 12.1 Å². The van der Waals surface area contributed by atoms with Crippen LogP contribution in [0.25, 0.3) is 0 Å². The fourth-order valence-corrected chi connectivity index (χ4v) is 2.25. The molecule has 16 heavy (non-hydrogen) atoms. The molecule has 0 bridgehead atoms. The van der Waals surface area contributed by atoms with Crippen LogP contribution in [-0.2, 0) is 28.8 Å². The van der Waals surface area contributed by atoms with Gasteiger partial charge in [0.2, 0.25) is 0 Å². The van der Waals surface area contributed by atoms with Gasteiger partial charge in [0, 0.05) is 24.9 Å². The number of aryl methyl sites for hydroxylation is 2. The van der Waals surface area contributed by atoms with E-state index >= 15 is 0 Å². The van der Waals surface area contributed by atoms with E-state index in [1.807, 2.05) is 0 Å². The van der Waals surface area contributed by atoms with Crippen LogP contribution in [0.1, 0.15) is 29.8 Å². The van der Waals surface area contributed by atoms with Crippen LogP contribution in [0.15, 0.2) is 6.07 Å². The minimum atomic E-state index is -0.907. The van der Waals surface area contributed by atoms with Crippen molar-refractivity contribution in [2.24, 2.45) is 0 Å². The van der Waals surface area contributed by atoms with Gasteiger partial charge in [-0.1, -0.05) is 0 Å². The van der Waals surface area contributed by atoms with E-state index in [2.05, 4.69) is 11.1 Å². The normalized spacial score (nSPS) is 16.8. The van der Waals surface area contributed by atoms with Crippen molar-refractivity contribution in [3.05, 3.63) is 23.0 Å². The molecule has 2 N–H and O–H groups in total. The highest BCUT2D eigenvalue weighted by Crippen LogP contribution is 2.22. The van der Waals surface area contributed by atoms with Crippen molar-refractivity contribution in [3.8, 4) is 0 Å². The number of hydrogen-bond acceptors (Lipinski definition) is 2. The first kappa shape index (κ1) is 11.2. The average Bonchev–Trinajstić information content (AvgIpc) is 2.67. The number of carboxylic acids is 1. The molecule has 1 aromatic heterocycles. The van der Waals surface area contributed by atoms with Gasteiger partial charge in [-0.3, -0.25) is 0 Å². The molecule has 4 nitrogen and oxygen atoms in total. The second-order valence-electron chi connectivity index (χ2n) is 4.27. The summed E-state index contributed by atoms with van der Waals surface area (Å²) < 4.78 is 4.93. The number of rotatable bonds is 4. The quantitative estimate of drug-likeness (QED) is 0.813. The monoisotopic (exact) mass is 223 g/mol. The van der Waals surface area contributed by atoms with Crippen LogP contribution in [-0.4, -0.2) is 29.3 Å². The highest BCUT2D eigenvalue weighted by atomic mass is 16.5. The lowest BCUT2D eigenvalue weighted by atomic mass is 9.98. The Labute approximate surface area is 94.6 Å². The first-order valence-corrected chi connectivity index (χ1v) is 5.66. The fraction of sp³-hybridized carbons (Fsp3) is 0.583. The minimum Gasteiger partial charge on any atom is -0.479 e. The van der Waals surface area contributed by atoms with E-state index in [1.54, 1.807) is 0 Å². The lowest BCUT2D eigenvalue weighted by molar-refractivity contribution is -0.148. The Morgan fingerprint density at radius 1 is 1.56 bits per heavy atom. The maximum Gasteiger partial charge on any atom is 0.333 e. The molecule has 1 aliphatic rings. The van der Waals surface area contributed by atoms with Gasteiger partial charge in [0.15, 0.2) is 6.10 Å². The zero-order valence-corrected chi connectivity index (χ0v) is 9.45. The first-order valence-electron chi connectivity index (χ1n) is 5.66. The van der Waals surface area contributed by atoms with Crippen molar-refractivity contribution in [2.45, 2.75) is 38.2 Å². The first-order chi connectivity index (χ1) is 7.70. The highest BCUT2D eigenvalue weighted by Gasteiger charge is 2.19. The molecule has 0 radical (unpaired) electrons. The number of aliphatic carboxylic acids is 1. The number of aromatic nitrogens is 1. The van der Waals surface area contributed by atoms with Gasteiger partial charge < -0.3 is 14.8 Å². The molecule has 0 amide bonds.